The fraction of sp³-hybridized carbons (Fsp3) is 1.00. The molecule has 1 unspecified atom stereocenters. The molecule has 0 aromatic heterocycles. The van der Waals surface area contributed by atoms with Crippen molar-refractivity contribution in [2.45, 2.75) is 77.3 Å². The standard InChI is InChI=1S/C17H34N2/c1-4-5-15-6-8-17(9-7-15)18-14(2)16-10-12-19(3)13-11-16/h14-18H,4-13H2,1-3H3. The number of nitrogens with zero attached hydrogens (tertiary/aromatic N) is 1. The maximum atomic E-state index is 3.95. The third-order valence-electron chi connectivity index (χ3n) is 5.51. The van der Waals surface area contributed by atoms with Crippen LogP contribution in [0, 0.1) is 11.8 Å². The zero-order valence-electron chi connectivity index (χ0n) is 13.3. The fourth-order valence-electron chi connectivity index (χ4n) is 4.06. The average Bonchev–Trinajstić information content (AvgIpc) is 2.42. The highest BCUT2D eigenvalue weighted by Gasteiger charge is 2.26. The average molecular weight is 266 g/mol. The van der Waals surface area contributed by atoms with Gasteiger partial charge < -0.3 is 10.2 Å². The van der Waals surface area contributed by atoms with Gasteiger partial charge in [0.15, 0.2) is 0 Å². The normalized spacial score (nSPS) is 32.4. The molecule has 2 heteroatoms. The molecular weight excluding hydrogens is 232 g/mol. The second-order valence-electron chi connectivity index (χ2n) is 7.10. The van der Waals surface area contributed by atoms with E-state index in [0.29, 0.717) is 0 Å². The molecule has 2 aliphatic rings. The fourth-order valence-corrected chi connectivity index (χ4v) is 4.06. The lowest BCUT2D eigenvalue weighted by atomic mass is 9.82. The summed E-state index contributed by atoms with van der Waals surface area (Å²) in [6.45, 7) is 7.33. The van der Waals surface area contributed by atoms with E-state index in [-0.39, 0.29) is 0 Å². The molecule has 0 aromatic rings. The van der Waals surface area contributed by atoms with Gasteiger partial charge in [-0.1, -0.05) is 19.8 Å². The molecule has 2 fully saturated rings. The molecule has 1 heterocycles. The van der Waals surface area contributed by atoms with Gasteiger partial charge in [-0.2, -0.15) is 0 Å². The van der Waals surface area contributed by atoms with Gasteiger partial charge in [0.25, 0.3) is 0 Å². The van der Waals surface area contributed by atoms with Crippen molar-refractivity contribution in [3.63, 3.8) is 0 Å². The first-order valence-electron chi connectivity index (χ1n) is 8.63. The van der Waals surface area contributed by atoms with Gasteiger partial charge >= 0.3 is 0 Å². The molecule has 1 aliphatic heterocycles. The van der Waals surface area contributed by atoms with Crippen molar-refractivity contribution in [3.05, 3.63) is 0 Å². The molecule has 0 spiro atoms. The highest BCUT2D eigenvalue weighted by molar-refractivity contribution is 4.84. The lowest BCUT2D eigenvalue weighted by Gasteiger charge is -2.37. The summed E-state index contributed by atoms with van der Waals surface area (Å²) < 4.78 is 0. The van der Waals surface area contributed by atoms with Gasteiger partial charge in [-0.05, 0) is 77.4 Å². The van der Waals surface area contributed by atoms with Crippen LogP contribution in [0.25, 0.3) is 0 Å². The summed E-state index contributed by atoms with van der Waals surface area (Å²) in [7, 11) is 2.25. The smallest absolute Gasteiger partial charge is 0.00705 e. The van der Waals surface area contributed by atoms with Crippen LogP contribution in [-0.4, -0.2) is 37.1 Å². The van der Waals surface area contributed by atoms with Crippen LogP contribution in [-0.2, 0) is 0 Å². The van der Waals surface area contributed by atoms with Crippen LogP contribution in [0.3, 0.4) is 0 Å². The Labute approximate surface area is 120 Å². The molecule has 1 saturated heterocycles. The quantitative estimate of drug-likeness (QED) is 0.817. The third-order valence-corrected chi connectivity index (χ3v) is 5.51. The van der Waals surface area contributed by atoms with Crippen molar-refractivity contribution in [2.75, 3.05) is 20.1 Å². The minimum atomic E-state index is 0.724. The number of nitrogens with one attached hydrogen (secondary N) is 1. The number of hydrogen-bond acceptors (Lipinski definition) is 2. The molecule has 1 aliphatic carbocycles. The Morgan fingerprint density at radius 2 is 1.68 bits per heavy atom. The molecule has 112 valence electrons. The van der Waals surface area contributed by atoms with Crippen molar-refractivity contribution >= 4 is 0 Å². The topological polar surface area (TPSA) is 15.3 Å². The first kappa shape index (κ1) is 15.3. The highest BCUT2D eigenvalue weighted by Crippen LogP contribution is 2.29. The molecule has 0 amide bonds. The number of piperidine rings is 1. The first-order valence-corrected chi connectivity index (χ1v) is 8.63. The zero-order chi connectivity index (χ0) is 13.7. The molecule has 2 rings (SSSR count). The predicted molar refractivity (Wildman–Crippen MR) is 83.5 cm³/mol. The molecule has 0 radical (unpaired) electrons. The van der Waals surface area contributed by atoms with Gasteiger partial charge in [0.1, 0.15) is 0 Å². The van der Waals surface area contributed by atoms with Crippen LogP contribution >= 0.6 is 0 Å². The van der Waals surface area contributed by atoms with E-state index in [9.17, 15) is 0 Å². The van der Waals surface area contributed by atoms with Gasteiger partial charge in [0.05, 0.1) is 0 Å². The summed E-state index contributed by atoms with van der Waals surface area (Å²) in [4.78, 5) is 2.47. The van der Waals surface area contributed by atoms with Gasteiger partial charge in [-0.15, -0.1) is 0 Å². The summed E-state index contributed by atoms with van der Waals surface area (Å²) in [5, 5.41) is 3.95. The summed E-state index contributed by atoms with van der Waals surface area (Å²) in [5.41, 5.74) is 0. The van der Waals surface area contributed by atoms with E-state index in [1.54, 1.807) is 0 Å². The van der Waals surface area contributed by atoms with Crippen LogP contribution in [0.2, 0.25) is 0 Å². The van der Waals surface area contributed by atoms with Crippen molar-refractivity contribution in [2.24, 2.45) is 11.8 Å². The Kier molecular flexibility index (Phi) is 6.15. The summed E-state index contributed by atoms with van der Waals surface area (Å²) in [5.74, 6) is 1.94. The Bertz CT molecular complexity index is 238. The molecule has 1 N–H and O–H groups in total. The maximum Gasteiger partial charge on any atom is 0.00705 e. The molecule has 0 bridgehead atoms. The predicted octanol–water partition coefficient (Wildman–Crippen LogP) is 3.67. The molecule has 0 aromatic carbocycles. The number of hydrogen-bond donors (Lipinski definition) is 1. The second kappa shape index (κ2) is 7.64. The van der Waals surface area contributed by atoms with E-state index in [1.165, 1.54) is 64.5 Å². The summed E-state index contributed by atoms with van der Waals surface area (Å²) in [6, 6.07) is 1.53. The van der Waals surface area contributed by atoms with Gasteiger partial charge in [-0.3, -0.25) is 0 Å². The van der Waals surface area contributed by atoms with Crippen molar-refractivity contribution in [3.8, 4) is 0 Å². The third kappa shape index (κ3) is 4.75. The van der Waals surface area contributed by atoms with Gasteiger partial charge in [0, 0.05) is 12.1 Å². The molecule has 1 atom stereocenters. The maximum absolute atomic E-state index is 3.95. The minimum Gasteiger partial charge on any atom is -0.311 e. The first-order chi connectivity index (χ1) is 9.19. The molecular formula is C17H34N2. The Hall–Kier alpha value is -0.0800. The largest absolute Gasteiger partial charge is 0.311 e. The highest BCUT2D eigenvalue weighted by atomic mass is 15.1. The van der Waals surface area contributed by atoms with Crippen LogP contribution in [0.1, 0.15) is 65.2 Å². The lowest BCUT2D eigenvalue weighted by Crippen LogP contribution is -2.45. The van der Waals surface area contributed by atoms with Crippen molar-refractivity contribution < 1.29 is 0 Å². The van der Waals surface area contributed by atoms with Crippen molar-refractivity contribution in [1.82, 2.24) is 10.2 Å². The number of likely N-dealkylation sites (tertiary alicyclic amines) is 1. The van der Waals surface area contributed by atoms with E-state index < -0.39 is 0 Å². The lowest BCUT2D eigenvalue weighted by molar-refractivity contribution is 0.172. The van der Waals surface area contributed by atoms with E-state index in [1.807, 2.05) is 0 Å². The summed E-state index contributed by atoms with van der Waals surface area (Å²) in [6.07, 6.45) is 11.4. The van der Waals surface area contributed by atoms with Crippen LogP contribution in [0.4, 0.5) is 0 Å². The molecule has 19 heavy (non-hydrogen) atoms. The number of rotatable bonds is 5. The minimum absolute atomic E-state index is 0.724. The molecule has 2 nitrogen and oxygen atoms in total. The molecule has 1 saturated carbocycles. The zero-order valence-corrected chi connectivity index (χ0v) is 13.3. The SMILES string of the molecule is CCCC1CCC(NC(C)C2CCN(C)CC2)CC1. The van der Waals surface area contributed by atoms with E-state index in [2.05, 4.69) is 31.1 Å². The van der Waals surface area contributed by atoms with E-state index >= 15 is 0 Å². The van der Waals surface area contributed by atoms with Crippen LogP contribution in [0.15, 0.2) is 0 Å². The van der Waals surface area contributed by atoms with Crippen LogP contribution < -0.4 is 5.32 Å². The van der Waals surface area contributed by atoms with Crippen molar-refractivity contribution in [1.29, 1.82) is 0 Å². The second-order valence-corrected chi connectivity index (χ2v) is 7.10. The van der Waals surface area contributed by atoms with Gasteiger partial charge in [-0.25, -0.2) is 0 Å². The Morgan fingerprint density at radius 1 is 1.05 bits per heavy atom. The monoisotopic (exact) mass is 266 g/mol. The van der Waals surface area contributed by atoms with Gasteiger partial charge in [0.2, 0.25) is 0 Å². The Balaban J connectivity index is 1.67. The Morgan fingerprint density at radius 3 is 2.26 bits per heavy atom. The van der Waals surface area contributed by atoms with E-state index in [0.717, 1.165) is 23.9 Å². The van der Waals surface area contributed by atoms with Crippen LogP contribution in [0.5, 0.6) is 0 Å². The summed E-state index contributed by atoms with van der Waals surface area (Å²) >= 11 is 0. The van der Waals surface area contributed by atoms with E-state index in [4.69, 9.17) is 0 Å².